The third-order valence-corrected chi connectivity index (χ3v) is 4.04. The Morgan fingerprint density at radius 2 is 2.04 bits per heavy atom. The van der Waals surface area contributed by atoms with Gasteiger partial charge in [0, 0.05) is 24.5 Å². The van der Waals surface area contributed by atoms with Gasteiger partial charge in [-0.25, -0.2) is 9.97 Å². The Morgan fingerprint density at radius 1 is 1.19 bits per heavy atom. The number of pyridine rings is 2. The fourth-order valence-corrected chi connectivity index (χ4v) is 2.75. The third-order valence-electron chi connectivity index (χ3n) is 4.04. The maximum absolute atomic E-state index is 12.3. The molecule has 0 aliphatic heterocycles. The van der Waals surface area contributed by atoms with Crippen LogP contribution in [0.5, 0.6) is 5.75 Å². The number of methoxy groups -OCH3 is 1. The number of anilines is 2. The largest absolute Gasteiger partial charge is 0.497 e. The quantitative estimate of drug-likeness (QED) is 0.581. The monoisotopic (exact) mass is 358 g/mol. The van der Waals surface area contributed by atoms with Crippen LogP contribution in [0.25, 0.3) is 16.6 Å². The van der Waals surface area contributed by atoms with Gasteiger partial charge in [0.05, 0.1) is 35.3 Å². The highest BCUT2D eigenvalue weighted by Crippen LogP contribution is 2.22. The van der Waals surface area contributed by atoms with E-state index < -0.39 is 0 Å². The van der Waals surface area contributed by atoms with Crippen LogP contribution < -0.4 is 15.6 Å². The number of H-pyrrole nitrogens is 1. The maximum Gasteiger partial charge on any atom is 0.273 e. The summed E-state index contributed by atoms with van der Waals surface area (Å²) < 4.78 is 6.93. The lowest BCUT2D eigenvalue weighted by molar-refractivity contribution is 0.414. The Balaban J connectivity index is 1.79. The van der Waals surface area contributed by atoms with Crippen molar-refractivity contribution in [2.24, 2.45) is 0 Å². The highest BCUT2D eigenvalue weighted by molar-refractivity contribution is 5.82. The molecule has 1 aromatic carbocycles. The molecule has 0 aliphatic rings. The molecule has 0 atom stereocenters. The van der Waals surface area contributed by atoms with Crippen molar-refractivity contribution in [2.45, 2.75) is 0 Å². The highest BCUT2D eigenvalue weighted by atomic mass is 16.5. The summed E-state index contributed by atoms with van der Waals surface area (Å²) in [4.78, 5) is 20.7. The number of hydrogen-bond donors (Lipinski definition) is 2. The molecule has 0 bridgehead atoms. The van der Waals surface area contributed by atoms with Crippen molar-refractivity contribution in [3.05, 3.63) is 70.8 Å². The Morgan fingerprint density at radius 3 is 2.85 bits per heavy atom. The van der Waals surface area contributed by atoms with Crippen LogP contribution in [0.4, 0.5) is 11.6 Å². The molecule has 132 valence electrons. The zero-order valence-corrected chi connectivity index (χ0v) is 14.3. The molecule has 0 amide bonds. The zero-order valence-electron chi connectivity index (χ0n) is 14.3. The summed E-state index contributed by atoms with van der Waals surface area (Å²) in [7, 11) is 1.59. The van der Waals surface area contributed by atoms with Crippen molar-refractivity contribution in [3.63, 3.8) is 0 Å². The predicted octanol–water partition coefficient (Wildman–Crippen LogP) is 2.73. The second-order valence-electron chi connectivity index (χ2n) is 5.73. The maximum atomic E-state index is 12.3. The summed E-state index contributed by atoms with van der Waals surface area (Å²) in [6.45, 7) is 0. The zero-order chi connectivity index (χ0) is 18.8. The van der Waals surface area contributed by atoms with Gasteiger partial charge in [0.2, 0.25) is 0 Å². The third kappa shape index (κ3) is 3.09. The first-order valence-corrected chi connectivity index (χ1v) is 8.06. The van der Waals surface area contributed by atoms with E-state index in [9.17, 15) is 4.79 Å². The summed E-state index contributed by atoms with van der Waals surface area (Å²) in [5.41, 5.74) is 1.66. The van der Waals surface area contributed by atoms with Crippen LogP contribution in [0.2, 0.25) is 0 Å². The number of nitrogens with one attached hydrogen (secondary N) is 2. The van der Waals surface area contributed by atoms with Crippen LogP contribution in [0.1, 0.15) is 5.56 Å². The fraction of sp³-hybridized carbons (Fsp3) is 0.0526. The van der Waals surface area contributed by atoms with Gasteiger partial charge < -0.3 is 10.1 Å². The molecule has 0 spiro atoms. The molecular weight excluding hydrogens is 344 g/mol. The van der Waals surface area contributed by atoms with Crippen molar-refractivity contribution >= 4 is 22.5 Å². The van der Waals surface area contributed by atoms with Gasteiger partial charge in [-0.05, 0) is 24.3 Å². The number of rotatable bonds is 4. The molecule has 0 unspecified atom stereocenters. The second kappa shape index (κ2) is 6.65. The fourth-order valence-electron chi connectivity index (χ4n) is 2.75. The molecule has 0 aliphatic carbocycles. The first kappa shape index (κ1) is 16.4. The van der Waals surface area contributed by atoms with Crippen LogP contribution in [-0.2, 0) is 0 Å². The second-order valence-corrected chi connectivity index (χ2v) is 5.73. The van der Waals surface area contributed by atoms with Gasteiger partial charge in [0.15, 0.2) is 0 Å². The van der Waals surface area contributed by atoms with E-state index in [-0.39, 0.29) is 5.56 Å². The van der Waals surface area contributed by atoms with Gasteiger partial charge in [0.1, 0.15) is 17.4 Å². The van der Waals surface area contributed by atoms with E-state index in [1.165, 1.54) is 6.20 Å². The molecule has 8 nitrogen and oxygen atoms in total. The minimum absolute atomic E-state index is 0.239. The summed E-state index contributed by atoms with van der Waals surface area (Å²) in [6.07, 6.45) is 3.04. The Kier molecular flexibility index (Phi) is 4.03. The molecule has 0 radical (unpaired) electrons. The Bertz CT molecular complexity index is 1230. The SMILES string of the molecule is COc1cccc(-n2[nH]c(=O)c3cnc(Nc4cc(C#N)ccn4)cc32)c1. The van der Waals surface area contributed by atoms with Gasteiger partial charge >= 0.3 is 0 Å². The number of ether oxygens (including phenoxy) is 1. The van der Waals surface area contributed by atoms with Gasteiger partial charge in [-0.1, -0.05) is 6.07 Å². The van der Waals surface area contributed by atoms with Crippen molar-refractivity contribution in [1.29, 1.82) is 5.26 Å². The summed E-state index contributed by atoms with van der Waals surface area (Å²) in [5, 5.41) is 15.3. The van der Waals surface area contributed by atoms with E-state index in [0.29, 0.717) is 33.9 Å². The predicted molar refractivity (Wildman–Crippen MR) is 100 cm³/mol. The van der Waals surface area contributed by atoms with Gasteiger partial charge in [-0.2, -0.15) is 5.26 Å². The van der Waals surface area contributed by atoms with Gasteiger partial charge in [-0.15, -0.1) is 0 Å². The standard InChI is InChI=1S/C19H14N6O2/c1-27-14-4-2-3-13(8-14)25-16-9-18(22-11-15(16)19(26)24-25)23-17-7-12(10-20)5-6-21-17/h2-9,11H,1H3,(H,24,26)(H,21,22,23). The van der Waals surface area contributed by atoms with E-state index in [1.807, 2.05) is 24.3 Å². The highest BCUT2D eigenvalue weighted by Gasteiger charge is 2.11. The molecule has 0 saturated carbocycles. The van der Waals surface area contributed by atoms with Crippen LogP contribution in [0.15, 0.2) is 59.7 Å². The number of nitriles is 1. The first-order valence-electron chi connectivity index (χ1n) is 8.06. The first-order chi connectivity index (χ1) is 13.2. The molecule has 3 heterocycles. The van der Waals surface area contributed by atoms with Crippen molar-refractivity contribution in [3.8, 4) is 17.5 Å². The van der Waals surface area contributed by atoms with Crippen molar-refractivity contribution < 1.29 is 4.74 Å². The normalized spacial score (nSPS) is 10.5. The number of aromatic nitrogens is 4. The van der Waals surface area contributed by atoms with Crippen LogP contribution in [0, 0.1) is 11.3 Å². The number of aromatic amines is 1. The number of hydrogen-bond acceptors (Lipinski definition) is 6. The topological polar surface area (TPSA) is 109 Å². The molecule has 2 N–H and O–H groups in total. The van der Waals surface area contributed by atoms with Crippen molar-refractivity contribution in [1.82, 2.24) is 19.7 Å². The van der Waals surface area contributed by atoms with Gasteiger partial charge in [-0.3, -0.25) is 14.6 Å². The molecule has 0 saturated heterocycles. The van der Waals surface area contributed by atoms with Crippen LogP contribution >= 0.6 is 0 Å². The molecule has 27 heavy (non-hydrogen) atoms. The smallest absolute Gasteiger partial charge is 0.273 e. The molecule has 4 rings (SSSR count). The average Bonchev–Trinajstić information content (AvgIpc) is 3.04. The lowest BCUT2D eigenvalue weighted by atomic mass is 10.2. The molecule has 4 aromatic rings. The molecule has 0 fully saturated rings. The van der Waals surface area contributed by atoms with E-state index in [4.69, 9.17) is 10.00 Å². The van der Waals surface area contributed by atoms with E-state index in [2.05, 4.69) is 26.5 Å². The minimum Gasteiger partial charge on any atom is -0.497 e. The molecule has 3 aromatic heterocycles. The summed E-state index contributed by atoms with van der Waals surface area (Å²) in [6, 6.07) is 14.4. The lowest BCUT2D eigenvalue weighted by Crippen LogP contribution is -2.03. The van der Waals surface area contributed by atoms with Gasteiger partial charge in [0.25, 0.3) is 5.56 Å². The summed E-state index contributed by atoms with van der Waals surface area (Å²) >= 11 is 0. The van der Waals surface area contributed by atoms with E-state index in [1.54, 1.807) is 36.2 Å². The number of nitrogens with zero attached hydrogens (tertiary/aromatic N) is 4. The van der Waals surface area contributed by atoms with E-state index in [0.717, 1.165) is 5.69 Å². The van der Waals surface area contributed by atoms with Crippen LogP contribution in [0.3, 0.4) is 0 Å². The molecular formula is C19H14N6O2. The molecule has 8 heteroatoms. The van der Waals surface area contributed by atoms with E-state index >= 15 is 0 Å². The Labute approximate surface area is 153 Å². The summed E-state index contributed by atoms with van der Waals surface area (Å²) in [5.74, 6) is 1.67. The van der Waals surface area contributed by atoms with Crippen LogP contribution in [-0.4, -0.2) is 26.9 Å². The minimum atomic E-state index is -0.239. The average molecular weight is 358 g/mol. The number of fused-ring (bicyclic) bond motifs is 1. The lowest BCUT2D eigenvalue weighted by Gasteiger charge is -2.08. The van der Waals surface area contributed by atoms with Crippen molar-refractivity contribution in [2.75, 3.05) is 12.4 Å². The number of benzene rings is 1. The Hall–Kier alpha value is -4.12.